The number of aryl methyl sites for hydroxylation is 1. The third-order valence-corrected chi connectivity index (χ3v) is 3.61. The van der Waals surface area contributed by atoms with Crippen LogP contribution in [0.25, 0.3) is 10.8 Å². The van der Waals surface area contributed by atoms with E-state index in [2.05, 4.69) is 22.4 Å². The number of hydrogen-bond donors (Lipinski definition) is 1. The molecule has 0 bridgehead atoms. The maximum absolute atomic E-state index is 5.37. The standard InChI is InChI=1S/C11H13N3O2S/c1-7-2-3-9(17-7)11-13-10(14-16-11)8-6-15-5-4-12-8/h2-3,8,12H,4-6H2,1H3. The zero-order valence-corrected chi connectivity index (χ0v) is 10.3. The summed E-state index contributed by atoms with van der Waals surface area (Å²) in [4.78, 5) is 6.65. The molecule has 3 rings (SSSR count). The number of rotatable bonds is 2. The Morgan fingerprint density at radius 1 is 1.47 bits per heavy atom. The minimum Gasteiger partial charge on any atom is -0.378 e. The molecular weight excluding hydrogens is 238 g/mol. The van der Waals surface area contributed by atoms with Crippen molar-refractivity contribution < 1.29 is 9.26 Å². The lowest BCUT2D eigenvalue weighted by molar-refractivity contribution is 0.0734. The van der Waals surface area contributed by atoms with Crippen LogP contribution in [-0.2, 0) is 4.74 Å². The largest absolute Gasteiger partial charge is 0.378 e. The normalized spacial score (nSPS) is 20.6. The predicted octanol–water partition coefficient (Wildman–Crippen LogP) is 1.77. The Morgan fingerprint density at radius 2 is 2.41 bits per heavy atom. The molecule has 0 aliphatic carbocycles. The first-order chi connectivity index (χ1) is 8.33. The lowest BCUT2D eigenvalue weighted by Gasteiger charge is -2.20. The maximum Gasteiger partial charge on any atom is 0.268 e. The summed E-state index contributed by atoms with van der Waals surface area (Å²) in [6, 6.07) is 4.09. The van der Waals surface area contributed by atoms with Crippen LogP contribution in [0.2, 0.25) is 0 Å². The number of nitrogens with zero attached hydrogens (tertiary/aromatic N) is 2. The molecule has 5 nitrogen and oxygen atoms in total. The van der Waals surface area contributed by atoms with Gasteiger partial charge in [-0.3, -0.25) is 0 Å². The van der Waals surface area contributed by atoms with Crippen molar-refractivity contribution in [3.63, 3.8) is 0 Å². The molecule has 0 amide bonds. The van der Waals surface area contributed by atoms with E-state index in [-0.39, 0.29) is 6.04 Å². The van der Waals surface area contributed by atoms with E-state index in [9.17, 15) is 0 Å². The Morgan fingerprint density at radius 3 is 3.12 bits per heavy atom. The lowest BCUT2D eigenvalue weighted by Crippen LogP contribution is -2.35. The van der Waals surface area contributed by atoms with Crippen molar-refractivity contribution in [1.29, 1.82) is 0 Å². The first-order valence-corrected chi connectivity index (χ1v) is 6.36. The van der Waals surface area contributed by atoms with Gasteiger partial charge in [-0.1, -0.05) is 5.16 Å². The number of hydrogen-bond acceptors (Lipinski definition) is 6. The quantitative estimate of drug-likeness (QED) is 0.881. The average molecular weight is 251 g/mol. The van der Waals surface area contributed by atoms with Crippen LogP contribution in [0.4, 0.5) is 0 Å². The van der Waals surface area contributed by atoms with Crippen LogP contribution in [0.1, 0.15) is 16.7 Å². The lowest BCUT2D eigenvalue weighted by atomic mass is 10.2. The summed E-state index contributed by atoms with van der Waals surface area (Å²) in [6.45, 7) is 4.22. The minimum atomic E-state index is 0.0438. The fraction of sp³-hybridized carbons (Fsp3) is 0.455. The topological polar surface area (TPSA) is 60.2 Å². The number of thiophene rings is 1. The van der Waals surface area contributed by atoms with Gasteiger partial charge in [0.1, 0.15) is 0 Å². The minimum absolute atomic E-state index is 0.0438. The number of aromatic nitrogens is 2. The summed E-state index contributed by atoms with van der Waals surface area (Å²) in [6.07, 6.45) is 0. The predicted molar refractivity (Wildman–Crippen MR) is 63.9 cm³/mol. The highest BCUT2D eigenvalue weighted by Gasteiger charge is 2.21. The van der Waals surface area contributed by atoms with Gasteiger partial charge in [0.15, 0.2) is 5.82 Å². The Hall–Kier alpha value is -1.24. The van der Waals surface area contributed by atoms with Gasteiger partial charge in [0.05, 0.1) is 24.1 Å². The second-order valence-electron chi connectivity index (χ2n) is 3.95. The molecule has 2 aromatic rings. The highest BCUT2D eigenvalue weighted by Crippen LogP contribution is 2.27. The molecule has 0 aromatic carbocycles. The third kappa shape index (κ3) is 2.24. The van der Waals surface area contributed by atoms with Crippen molar-refractivity contribution in [3.8, 4) is 10.8 Å². The molecule has 90 valence electrons. The van der Waals surface area contributed by atoms with E-state index in [1.165, 1.54) is 4.88 Å². The molecule has 1 aliphatic rings. The van der Waals surface area contributed by atoms with E-state index in [1.807, 2.05) is 12.1 Å². The van der Waals surface area contributed by atoms with E-state index in [0.717, 1.165) is 18.0 Å². The zero-order valence-electron chi connectivity index (χ0n) is 9.47. The molecule has 1 atom stereocenters. The molecule has 2 aromatic heterocycles. The zero-order chi connectivity index (χ0) is 11.7. The molecule has 1 N–H and O–H groups in total. The molecule has 1 aliphatic heterocycles. The first kappa shape index (κ1) is 10.9. The van der Waals surface area contributed by atoms with Crippen molar-refractivity contribution >= 4 is 11.3 Å². The van der Waals surface area contributed by atoms with E-state index in [0.29, 0.717) is 18.3 Å². The summed E-state index contributed by atoms with van der Waals surface area (Å²) in [5.74, 6) is 1.26. The number of nitrogens with one attached hydrogen (secondary N) is 1. The Balaban J connectivity index is 1.82. The molecule has 17 heavy (non-hydrogen) atoms. The first-order valence-electron chi connectivity index (χ1n) is 5.54. The van der Waals surface area contributed by atoms with Gasteiger partial charge in [-0.15, -0.1) is 11.3 Å². The number of morpholine rings is 1. The van der Waals surface area contributed by atoms with Gasteiger partial charge < -0.3 is 14.6 Å². The number of ether oxygens (including phenoxy) is 1. The third-order valence-electron chi connectivity index (χ3n) is 2.63. The Bertz CT molecular complexity index is 502. The molecule has 1 saturated heterocycles. The summed E-state index contributed by atoms with van der Waals surface area (Å²) in [5.41, 5.74) is 0. The van der Waals surface area contributed by atoms with Gasteiger partial charge >= 0.3 is 0 Å². The fourth-order valence-corrected chi connectivity index (χ4v) is 2.55. The Labute approximate surface area is 103 Å². The summed E-state index contributed by atoms with van der Waals surface area (Å²) >= 11 is 1.65. The van der Waals surface area contributed by atoms with E-state index < -0.39 is 0 Å². The second kappa shape index (κ2) is 4.56. The van der Waals surface area contributed by atoms with Crippen LogP contribution >= 0.6 is 11.3 Å². The van der Waals surface area contributed by atoms with Crippen LogP contribution in [-0.4, -0.2) is 29.9 Å². The van der Waals surface area contributed by atoms with Crippen LogP contribution in [0, 0.1) is 6.92 Å². The molecule has 1 fully saturated rings. The van der Waals surface area contributed by atoms with Gasteiger partial charge in [-0.05, 0) is 19.1 Å². The highest BCUT2D eigenvalue weighted by atomic mass is 32.1. The smallest absolute Gasteiger partial charge is 0.268 e. The van der Waals surface area contributed by atoms with Crippen molar-refractivity contribution in [2.24, 2.45) is 0 Å². The molecule has 6 heteroatoms. The van der Waals surface area contributed by atoms with E-state index in [1.54, 1.807) is 11.3 Å². The van der Waals surface area contributed by atoms with Crippen LogP contribution < -0.4 is 5.32 Å². The van der Waals surface area contributed by atoms with Gasteiger partial charge in [0.25, 0.3) is 5.89 Å². The summed E-state index contributed by atoms with van der Waals surface area (Å²) < 4.78 is 10.6. The van der Waals surface area contributed by atoms with Crippen LogP contribution in [0.5, 0.6) is 0 Å². The summed E-state index contributed by atoms with van der Waals surface area (Å²) in [5, 5.41) is 7.30. The second-order valence-corrected chi connectivity index (χ2v) is 5.24. The molecular formula is C11H13N3O2S. The molecule has 0 saturated carbocycles. The van der Waals surface area contributed by atoms with E-state index in [4.69, 9.17) is 9.26 Å². The van der Waals surface area contributed by atoms with Crippen molar-refractivity contribution in [2.45, 2.75) is 13.0 Å². The Kier molecular flexibility index (Phi) is 2.92. The SMILES string of the molecule is Cc1ccc(-c2nc(C3COCCN3)no2)s1. The van der Waals surface area contributed by atoms with Crippen molar-refractivity contribution in [2.75, 3.05) is 19.8 Å². The van der Waals surface area contributed by atoms with E-state index >= 15 is 0 Å². The maximum atomic E-state index is 5.37. The average Bonchev–Trinajstić information content (AvgIpc) is 2.98. The van der Waals surface area contributed by atoms with Gasteiger partial charge in [0, 0.05) is 11.4 Å². The highest BCUT2D eigenvalue weighted by molar-refractivity contribution is 7.15. The van der Waals surface area contributed by atoms with Crippen molar-refractivity contribution in [3.05, 3.63) is 22.8 Å². The monoisotopic (exact) mass is 251 g/mol. The van der Waals surface area contributed by atoms with Gasteiger partial charge in [-0.2, -0.15) is 4.98 Å². The van der Waals surface area contributed by atoms with Gasteiger partial charge in [-0.25, -0.2) is 0 Å². The fourth-order valence-electron chi connectivity index (χ4n) is 1.76. The summed E-state index contributed by atoms with van der Waals surface area (Å²) in [7, 11) is 0. The molecule has 1 unspecified atom stereocenters. The van der Waals surface area contributed by atoms with Crippen molar-refractivity contribution in [1.82, 2.24) is 15.5 Å². The molecule has 3 heterocycles. The van der Waals surface area contributed by atoms with Crippen LogP contribution in [0.3, 0.4) is 0 Å². The van der Waals surface area contributed by atoms with Crippen LogP contribution in [0.15, 0.2) is 16.7 Å². The molecule has 0 radical (unpaired) electrons. The van der Waals surface area contributed by atoms with Gasteiger partial charge in [0.2, 0.25) is 0 Å². The molecule has 0 spiro atoms.